The lowest BCUT2D eigenvalue weighted by Crippen LogP contribution is -2.13. The molecule has 0 aliphatic heterocycles. The molecule has 0 saturated carbocycles. The van der Waals surface area contributed by atoms with Crippen molar-refractivity contribution in [2.45, 2.75) is 0 Å². The predicted octanol–water partition coefficient (Wildman–Crippen LogP) is 0.172. The van der Waals surface area contributed by atoms with Gasteiger partial charge in [0.2, 0.25) is 0 Å². The highest BCUT2D eigenvalue weighted by molar-refractivity contribution is 5.97. The zero-order valence-corrected chi connectivity index (χ0v) is 7.66. The van der Waals surface area contributed by atoms with Gasteiger partial charge >= 0.3 is 0 Å². The van der Waals surface area contributed by atoms with Gasteiger partial charge in [0.05, 0.1) is 6.54 Å². The first-order valence-corrected chi connectivity index (χ1v) is 4.21. The van der Waals surface area contributed by atoms with Crippen molar-refractivity contribution < 1.29 is 9.90 Å². The van der Waals surface area contributed by atoms with Crippen molar-refractivity contribution in [1.82, 2.24) is 0 Å². The quantitative estimate of drug-likeness (QED) is 0.515. The van der Waals surface area contributed by atoms with E-state index in [1.165, 1.54) is 0 Å². The molecule has 0 radical (unpaired) electrons. The third-order valence-electron chi connectivity index (χ3n) is 1.70. The maximum absolute atomic E-state index is 11.1. The molecule has 72 valence electrons. The molecule has 0 aliphatic carbocycles. The first-order chi connectivity index (χ1) is 6.77. The third-order valence-corrected chi connectivity index (χ3v) is 1.70. The predicted molar refractivity (Wildman–Crippen MR) is 53.8 cm³/mol. The molecule has 1 rings (SSSR count). The maximum Gasteiger partial charge on any atom is 0.176 e. The zero-order valence-electron chi connectivity index (χ0n) is 7.66. The molecular weight excluding hydrogens is 178 g/mol. The van der Waals surface area contributed by atoms with Crippen molar-refractivity contribution in [1.29, 1.82) is 0 Å². The summed E-state index contributed by atoms with van der Waals surface area (Å²) in [5.41, 5.74) is 6.57. The number of aliphatic hydroxyl groups excluding tert-OH is 1. The molecule has 0 aliphatic rings. The van der Waals surface area contributed by atoms with E-state index in [9.17, 15) is 4.79 Å². The second-order valence-electron chi connectivity index (χ2n) is 2.66. The van der Waals surface area contributed by atoms with Crippen LogP contribution >= 0.6 is 0 Å². The van der Waals surface area contributed by atoms with Gasteiger partial charge in [0, 0.05) is 11.1 Å². The average Bonchev–Trinajstić information content (AvgIpc) is 2.26. The highest BCUT2D eigenvalue weighted by atomic mass is 16.2. The molecule has 0 fully saturated rings. The van der Waals surface area contributed by atoms with Crippen LogP contribution in [0.15, 0.2) is 24.3 Å². The van der Waals surface area contributed by atoms with Crippen molar-refractivity contribution in [3.05, 3.63) is 35.4 Å². The van der Waals surface area contributed by atoms with Gasteiger partial charge in [0.25, 0.3) is 0 Å². The van der Waals surface area contributed by atoms with Gasteiger partial charge in [-0.15, -0.1) is 0 Å². The number of nitrogens with two attached hydrogens (primary N) is 1. The van der Waals surface area contributed by atoms with Crippen LogP contribution in [-0.4, -0.2) is 24.0 Å². The van der Waals surface area contributed by atoms with E-state index in [1.54, 1.807) is 24.3 Å². The van der Waals surface area contributed by atoms with Gasteiger partial charge in [0.15, 0.2) is 5.78 Å². The maximum atomic E-state index is 11.1. The van der Waals surface area contributed by atoms with Crippen LogP contribution in [0.2, 0.25) is 0 Å². The zero-order chi connectivity index (χ0) is 10.4. The molecule has 3 N–H and O–H groups in total. The topological polar surface area (TPSA) is 63.3 Å². The van der Waals surface area contributed by atoms with Crippen LogP contribution in [0.4, 0.5) is 0 Å². The normalized spacial score (nSPS) is 9.00. The first-order valence-electron chi connectivity index (χ1n) is 4.21. The summed E-state index contributed by atoms with van der Waals surface area (Å²) in [7, 11) is 0. The van der Waals surface area contributed by atoms with E-state index < -0.39 is 0 Å². The number of carbonyl (C=O) groups excluding carboxylic acids is 1. The Morgan fingerprint density at radius 1 is 1.36 bits per heavy atom. The summed E-state index contributed by atoms with van der Waals surface area (Å²) in [6, 6.07) is 6.81. The van der Waals surface area contributed by atoms with E-state index in [-0.39, 0.29) is 18.9 Å². The van der Waals surface area contributed by atoms with Gasteiger partial charge in [-0.3, -0.25) is 4.79 Å². The highest BCUT2D eigenvalue weighted by Crippen LogP contribution is 2.03. The Balaban J connectivity index is 2.83. The SMILES string of the molecule is NCC(=O)c1ccc(C#CCO)cc1. The summed E-state index contributed by atoms with van der Waals surface area (Å²) in [6.45, 7) is -0.148. The molecule has 0 heterocycles. The Labute approximate surface area is 82.6 Å². The van der Waals surface area contributed by atoms with Crippen molar-refractivity contribution >= 4 is 5.78 Å². The molecule has 0 spiro atoms. The van der Waals surface area contributed by atoms with Crippen LogP contribution in [0.5, 0.6) is 0 Å². The summed E-state index contributed by atoms with van der Waals surface area (Å²) in [4.78, 5) is 11.1. The van der Waals surface area contributed by atoms with E-state index in [2.05, 4.69) is 11.8 Å². The van der Waals surface area contributed by atoms with Crippen molar-refractivity contribution in [3.63, 3.8) is 0 Å². The number of rotatable bonds is 2. The number of Topliss-reactive ketones (excluding diaryl/α,β-unsaturated/α-hetero) is 1. The average molecular weight is 189 g/mol. The number of hydrogen-bond acceptors (Lipinski definition) is 3. The molecule has 0 saturated heterocycles. The number of hydrogen-bond donors (Lipinski definition) is 2. The summed E-state index contributed by atoms with van der Waals surface area (Å²) in [5, 5.41) is 8.46. The molecule has 1 aromatic rings. The second kappa shape index (κ2) is 5.18. The van der Waals surface area contributed by atoms with Crippen LogP contribution in [0.25, 0.3) is 0 Å². The van der Waals surface area contributed by atoms with E-state index in [0.29, 0.717) is 5.56 Å². The highest BCUT2D eigenvalue weighted by Gasteiger charge is 2.01. The molecular formula is C11H11NO2. The summed E-state index contributed by atoms with van der Waals surface area (Å²) < 4.78 is 0. The third kappa shape index (κ3) is 2.70. The lowest BCUT2D eigenvalue weighted by Gasteiger charge is -1.96. The molecule has 3 nitrogen and oxygen atoms in total. The van der Waals surface area contributed by atoms with E-state index >= 15 is 0 Å². The molecule has 0 bridgehead atoms. The van der Waals surface area contributed by atoms with Gasteiger partial charge < -0.3 is 10.8 Å². The minimum atomic E-state index is -0.163. The fraction of sp³-hybridized carbons (Fsp3) is 0.182. The number of carbonyl (C=O) groups is 1. The fourth-order valence-corrected chi connectivity index (χ4v) is 0.999. The Morgan fingerprint density at radius 3 is 2.50 bits per heavy atom. The Bertz CT molecular complexity index is 371. The minimum absolute atomic E-state index is 0.0155. The van der Waals surface area contributed by atoms with Gasteiger partial charge in [-0.05, 0) is 12.1 Å². The molecule has 3 heteroatoms. The Morgan fingerprint density at radius 2 is 2.00 bits per heavy atom. The number of ketones is 1. The van der Waals surface area contributed by atoms with Crippen LogP contribution in [0.1, 0.15) is 15.9 Å². The van der Waals surface area contributed by atoms with E-state index in [0.717, 1.165) is 5.56 Å². The van der Waals surface area contributed by atoms with Gasteiger partial charge in [-0.2, -0.15) is 0 Å². The van der Waals surface area contributed by atoms with Gasteiger partial charge in [0.1, 0.15) is 6.61 Å². The van der Waals surface area contributed by atoms with Crippen LogP contribution < -0.4 is 5.73 Å². The smallest absolute Gasteiger partial charge is 0.176 e. The monoisotopic (exact) mass is 189 g/mol. The fourth-order valence-electron chi connectivity index (χ4n) is 0.999. The second-order valence-corrected chi connectivity index (χ2v) is 2.66. The lowest BCUT2D eigenvalue weighted by atomic mass is 10.1. The first kappa shape index (κ1) is 10.5. The summed E-state index contributed by atoms with van der Waals surface area (Å²) in [6.07, 6.45) is 0. The molecule has 0 unspecified atom stereocenters. The molecule has 14 heavy (non-hydrogen) atoms. The van der Waals surface area contributed by atoms with E-state index in [4.69, 9.17) is 10.8 Å². The van der Waals surface area contributed by atoms with E-state index in [1.807, 2.05) is 0 Å². The molecule has 0 amide bonds. The van der Waals surface area contributed by atoms with Crippen LogP contribution in [-0.2, 0) is 0 Å². The number of benzene rings is 1. The molecule has 0 aromatic heterocycles. The standard InChI is InChI=1S/C11H11NO2/c12-8-11(14)10-5-3-9(4-6-10)2-1-7-13/h3-6,13H,7-8,12H2. The minimum Gasteiger partial charge on any atom is -0.384 e. The number of aliphatic hydroxyl groups is 1. The largest absolute Gasteiger partial charge is 0.384 e. The van der Waals surface area contributed by atoms with Gasteiger partial charge in [-0.1, -0.05) is 24.0 Å². The Hall–Kier alpha value is -1.63. The van der Waals surface area contributed by atoms with Crippen LogP contribution in [0.3, 0.4) is 0 Å². The molecule has 0 atom stereocenters. The van der Waals surface area contributed by atoms with Crippen molar-refractivity contribution in [2.24, 2.45) is 5.73 Å². The Kier molecular flexibility index (Phi) is 3.86. The van der Waals surface area contributed by atoms with Crippen molar-refractivity contribution in [3.8, 4) is 11.8 Å². The summed E-state index contributed by atoms with van der Waals surface area (Å²) >= 11 is 0. The summed E-state index contributed by atoms with van der Waals surface area (Å²) in [5.74, 6) is 5.17. The van der Waals surface area contributed by atoms with Crippen molar-refractivity contribution in [2.75, 3.05) is 13.2 Å². The molecule has 1 aromatic carbocycles. The van der Waals surface area contributed by atoms with Gasteiger partial charge in [-0.25, -0.2) is 0 Å². The van der Waals surface area contributed by atoms with Crippen LogP contribution in [0, 0.1) is 11.8 Å². The lowest BCUT2D eigenvalue weighted by molar-refractivity contribution is 0.100.